The molecular formula is C14H13NO. The van der Waals surface area contributed by atoms with Gasteiger partial charge in [0.15, 0.2) is 0 Å². The molecule has 2 rings (SSSR count). The van der Waals surface area contributed by atoms with Crippen molar-refractivity contribution >= 4 is 0 Å². The van der Waals surface area contributed by atoms with E-state index < -0.39 is 5.60 Å². The van der Waals surface area contributed by atoms with Gasteiger partial charge in [-0.1, -0.05) is 54.6 Å². The lowest BCUT2D eigenvalue weighted by atomic mass is 9.80. The second kappa shape index (κ2) is 4.34. The highest BCUT2D eigenvalue weighted by atomic mass is 16.3. The molecule has 1 aromatic rings. The minimum atomic E-state index is -1.11. The molecule has 1 aromatic carbocycles. The molecule has 1 aliphatic carbocycles. The Hall–Kier alpha value is -1.85. The van der Waals surface area contributed by atoms with Crippen LogP contribution in [0.15, 0.2) is 54.6 Å². The Morgan fingerprint density at radius 2 is 1.81 bits per heavy atom. The van der Waals surface area contributed by atoms with Crippen LogP contribution in [0, 0.1) is 17.2 Å². The van der Waals surface area contributed by atoms with Crippen molar-refractivity contribution in [2.45, 2.75) is 12.0 Å². The van der Waals surface area contributed by atoms with Gasteiger partial charge in [0.2, 0.25) is 0 Å². The number of hydrogen-bond acceptors (Lipinski definition) is 2. The van der Waals surface area contributed by atoms with Crippen molar-refractivity contribution < 1.29 is 5.11 Å². The highest BCUT2D eigenvalue weighted by Crippen LogP contribution is 2.36. The molecule has 1 N–H and O–H groups in total. The minimum Gasteiger partial charge on any atom is -0.383 e. The summed E-state index contributed by atoms with van der Waals surface area (Å²) >= 11 is 0. The number of aliphatic hydroxyl groups is 1. The van der Waals surface area contributed by atoms with Crippen molar-refractivity contribution in [2.24, 2.45) is 5.92 Å². The van der Waals surface area contributed by atoms with Gasteiger partial charge >= 0.3 is 0 Å². The lowest BCUT2D eigenvalue weighted by Crippen LogP contribution is -2.32. The molecule has 0 radical (unpaired) electrons. The van der Waals surface area contributed by atoms with Crippen LogP contribution in [0.3, 0.4) is 0 Å². The standard InChI is InChI=1S/C14H13NO/c15-11-10-14(16,13-8-4-5-9-13)12-6-2-1-3-7-12/h1-9,13,16H,10H2. The first-order valence-corrected chi connectivity index (χ1v) is 5.27. The van der Waals surface area contributed by atoms with Gasteiger partial charge in [0, 0.05) is 5.92 Å². The van der Waals surface area contributed by atoms with E-state index in [9.17, 15) is 5.11 Å². The van der Waals surface area contributed by atoms with Crippen molar-refractivity contribution in [1.29, 1.82) is 5.26 Å². The van der Waals surface area contributed by atoms with Crippen molar-refractivity contribution in [1.82, 2.24) is 0 Å². The first kappa shape index (κ1) is 10.7. The predicted molar refractivity (Wildman–Crippen MR) is 62.3 cm³/mol. The van der Waals surface area contributed by atoms with Gasteiger partial charge in [-0.15, -0.1) is 0 Å². The Labute approximate surface area is 95.2 Å². The Morgan fingerprint density at radius 1 is 1.19 bits per heavy atom. The van der Waals surface area contributed by atoms with Crippen LogP contribution in [0.5, 0.6) is 0 Å². The van der Waals surface area contributed by atoms with E-state index >= 15 is 0 Å². The Balaban J connectivity index is 2.40. The van der Waals surface area contributed by atoms with E-state index in [4.69, 9.17) is 5.26 Å². The van der Waals surface area contributed by atoms with Gasteiger partial charge in [0.05, 0.1) is 12.5 Å². The summed E-state index contributed by atoms with van der Waals surface area (Å²) in [5.41, 5.74) is -0.322. The molecule has 1 aliphatic rings. The summed E-state index contributed by atoms with van der Waals surface area (Å²) in [7, 11) is 0. The predicted octanol–water partition coefficient (Wildman–Crippen LogP) is 2.53. The molecule has 0 saturated carbocycles. The summed E-state index contributed by atoms with van der Waals surface area (Å²) in [5, 5.41) is 19.5. The van der Waals surface area contributed by atoms with Gasteiger partial charge in [-0.05, 0) is 5.56 Å². The molecule has 0 heterocycles. The first-order valence-electron chi connectivity index (χ1n) is 5.27. The molecular weight excluding hydrogens is 198 g/mol. The summed E-state index contributed by atoms with van der Waals surface area (Å²) in [5.74, 6) is -0.116. The van der Waals surface area contributed by atoms with E-state index in [1.165, 1.54) is 0 Å². The molecule has 2 nitrogen and oxygen atoms in total. The van der Waals surface area contributed by atoms with Crippen LogP contribution in [0.4, 0.5) is 0 Å². The molecule has 0 fully saturated rings. The second-order valence-electron chi connectivity index (χ2n) is 3.92. The molecule has 1 unspecified atom stereocenters. The molecule has 0 amide bonds. The molecule has 0 spiro atoms. The van der Waals surface area contributed by atoms with E-state index in [0.717, 1.165) is 5.56 Å². The molecule has 1 atom stereocenters. The van der Waals surface area contributed by atoms with Gasteiger partial charge in [-0.25, -0.2) is 0 Å². The molecule has 0 aromatic heterocycles. The highest BCUT2D eigenvalue weighted by Gasteiger charge is 2.36. The van der Waals surface area contributed by atoms with Crippen LogP contribution in [0.2, 0.25) is 0 Å². The van der Waals surface area contributed by atoms with Crippen molar-refractivity contribution in [2.75, 3.05) is 0 Å². The van der Waals surface area contributed by atoms with Crippen molar-refractivity contribution in [3.63, 3.8) is 0 Å². The molecule has 0 bridgehead atoms. The zero-order chi connectivity index (χ0) is 11.4. The SMILES string of the molecule is N#CCC(O)(c1ccccc1)C1C=CC=C1. The molecule has 2 heteroatoms. The smallest absolute Gasteiger partial charge is 0.112 e. The summed E-state index contributed by atoms with van der Waals surface area (Å²) in [6, 6.07) is 11.4. The monoisotopic (exact) mass is 211 g/mol. The molecule has 16 heavy (non-hydrogen) atoms. The Kier molecular flexibility index (Phi) is 2.89. The first-order chi connectivity index (χ1) is 7.77. The van der Waals surface area contributed by atoms with Crippen molar-refractivity contribution in [3.8, 4) is 6.07 Å². The van der Waals surface area contributed by atoms with E-state index in [-0.39, 0.29) is 12.3 Å². The topological polar surface area (TPSA) is 44.0 Å². The van der Waals surface area contributed by atoms with Crippen LogP contribution in [0.25, 0.3) is 0 Å². The fourth-order valence-corrected chi connectivity index (χ4v) is 2.01. The number of hydrogen-bond donors (Lipinski definition) is 1. The highest BCUT2D eigenvalue weighted by molar-refractivity contribution is 5.32. The maximum absolute atomic E-state index is 10.7. The van der Waals surface area contributed by atoms with Crippen LogP contribution in [-0.2, 0) is 5.60 Å². The van der Waals surface area contributed by atoms with Gasteiger partial charge in [-0.2, -0.15) is 5.26 Å². The largest absolute Gasteiger partial charge is 0.383 e. The fourth-order valence-electron chi connectivity index (χ4n) is 2.01. The normalized spacial score (nSPS) is 18.2. The lowest BCUT2D eigenvalue weighted by Gasteiger charge is -2.30. The number of allylic oxidation sites excluding steroid dienone is 2. The average molecular weight is 211 g/mol. The fraction of sp³-hybridized carbons (Fsp3) is 0.214. The Bertz CT molecular complexity index is 443. The van der Waals surface area contributed by atoms with E-state index in [0.29, 0.717) is 0 Å². The summed E-state index contributed by atoms with van der Waals surface area (Å²) < 4.78 is 0. The maximum Gasteiger partial charge on any atom is 0.112 e. The quantitative estimate of drug-likeness (QED) is 0.834. The van der Waals surface area contributed by atoms with E-state index in [2.05, 4.69) is 6.07 Å². The number of benzene rings is 1. The van der Waals surface area contributed by atoms with Crippen LogP contribution >= 0.6 is 0 Å². The van der Waals surface area contributed by atoms with Crippen molar-refractivity contribution in [3.05, 3.63) is 60.2 Å². The summed E-state index contributed by atoms with van der Waals surface area (Å²) in [6.07, 6.45) is 7.73. The molecule has 80 valence electrons. The van der Waals surface area contributed by atoms with E-state index in [1.807, 2.05) is 54.6 Å². The minimum absolute atomic E-state index is 0.0936. The van der Waals surface area contributed by atoms with Crippen LogP contribution in [0.1, 0.15) is 12.0 Å². The molecule has 0 saturated heterocycles. The number of nitrogens with zero attached hydrogens (tertiary/aromatic N) is 1. The third-order valence-corrected chi connectivity index (χ3v) is 2.92. The second-order valence-corrected chi connectivity index (χ2v) is 3.92. The van der Waals surface area contributed by atoms with Gasteiger partial charge < -0.3 is 5.11 Å². The zero-order valence-corrected chi connectivity index (χ0v) is 8.88. The van der Waals surface area contributed by atoms with E-state index in [1.54, 1.807) is 0 Å². The van der Waals surface area contributed by atoms with Crippen LogP contribution in [-0.4, -0.2) is 5.11 Å². The Morgan fingerprint density at radius 3 is 2.38 bits per heavy atom. The number of rotatable bonds is 3. The lowest BCUT2D eigenvalue weighted by molar-refractivity contribution is 0.0161. The van der Waals surface area contributed by atoms with Gasteiger partial charge in [-0.3, -0.25) is 0 Å². The number of nitriles is 1. The average Bonchev–Trinajstić information content (AvgIpc) is 2.84. The molecule has 0 aliphatic heterocycles. The summed E-state index contributed by atoms with van der Waals surface area (Å²) in [6.45, 7) is 0. The van der Waals surface area contributed by atoms with Crippen LogP contribution < -0.4 is 0 Å². The third-order valence-electron chi connectivity index (χ3n) is 2.92. The third kappa shape index (κ3) is 1.78. The van der Waals surface area contributed by atoms with Gasteiger partial charge in [0.25, 0.3) is 0 Å². The van der Waals surface area contributed by atoms with Gasteiger partial charge in [0.1, 0.15) is 5.60 Å². The zero-order valence-electron chi connectivity index (χ0n) is 8.88. The maximum atomic E-state index is 10.7. The summed E-state index contributed by atoms with van der Waals surface area (Å²) in [4.78, 5) is 0.